The molecule has 1 N–H and O–H groups in total. The van der Waals surface area contributed by atoms with Crippen molar-refractivity contribution in [2.75, 3.05) is 0 Å². The third-order valence-corrected chi connectivity index (χ3v) is 1.34. The van der Waals surface area contributed by atoms with Crippen LogP contribution in [-0.2, 0) is 4.79 Å². The van der Waals surface area contributed by atoms with Crippen LogP contribution in [0.25, 0.3) is 0 Å². The molecule has 0 fully saturated rings. The molecule has 2 atom stereocenters. The highest BCUT2D eigenvalue weighted by Crippen LogP contribution is 1.92. The predicted octanol–water partition coefficient (Wildman–Crippen LogP) is 0.995. The first-order valence-electron chi connectivity index (χ1n) is 3.19. The first-order chi connectivity index (χ1) is 4.57. The lowest BCUT2D eigenvalue weighted by molar-refractivity contribution is -0.120. The molecule has 0 aromatic rings. The summed E-state index contributed by atoms with van der Waals surface area (Å²) in [7, 11) is 0. The summed E-state index contributed by atoms with van der Waals surface area (Å²) in [6.45, 7) is 7.13. The first kappa shape index (κ1) is 9.56. The lowest BCUT2D eigenvalue weighted by Gasteiger charge is -2.10. The van der Waals surface area contributed by atoms with Crippen LogP contribution in [0, 0.1) is 0 Å². The second-order valence-electron chi connectivity index (χ2n) is 2.21. The minimum atomic E-state index is -0.248. The Labute approximate surface area is 67.1 Å². The molecule has 0 aliphatic carbocycles. The number of hydrogen-bond acceptors (Lipinski definition) is 2. The van der Waals surface area contributed by atoms with Gasteiger partial charge in [-0.25, -0.2) is 0 Å². The van der Waals surface area contributed by atoms with Gasteiger partial charge in [0.1, 0.15) is 0 Å². The van der Waals surface area contributed by atoms with Gasteiger partial charge in [0.25, 0.3) is 0 Å². The third kappa shape index (κ3) is 3.56. The van der Waals surface area contributed by atoms with E-state index in [-0.39, 0.29) is 17.2 Å². The van der Waals surface area contributed by atoms with Crippen LogP contribution in [-0.4, -0.2) is 17.2 Å². The Hall–Kier alpha value is -0.440. The molecule has 0 radical (unpaired) electrons. The predicted molar refractivity (Wildman–Crippen MR) is 46.2 cm³/mol. The Kier molecular flexibility index (Phi) is 4.19. The summed E-state index contributed by atoms with van der Waals surface area (Å²) in [6, 6.07) is 0.0297. The second-order valence-corrected chi connectivity index (χ2v) is 2.98. The zero-order chi connectivity index (χ0) is 8.15. The van der Waals surface area contributed by atoms with Crippen LogP contribution in [0.3, 0.4) is 0 Å². The van der Waals surface area contributed by atoms with Crippen LogP contribution in [0.15, 0.2) is 12.7 Å². The van der Waals surface area contributed by atoms with Crippen LogP contribution >= 0.6 is 12.6 Å². The molecular weight excluding hydrogens is 146 g/mol. The van der Waals surface area contributed by atoms with Crippen molar-refractivity contribution in [1.82, 2.24) is 5.32 Å². The van der Waals surface area contributed by atoms with Gasteiger partial charge in [0.05, 0.1) is 5.25 Å². The Balaban J connectivity index is 3.68. The summed E-state index contributed by atoms with van der Waals surface area (Å²) < 4.78 is 0. The van der Waals surface area contributed by atoms with Gasteiger partial charge < -0.3 is 5.32 Å². The maximum Gasteiger partial charge on any atom is 0.233 e. The highest BCUT2D eigenvalue weighted by molar-refractivity contribution is 7.81. The van der Waals surface area contributed by atoms with E-state index in [2.05, 4.69) is 24.5 Å². The monoisotopic (exact) mass is 159 g/mol. The van der Waals surface area contributed by atoms with Crippen molar-refractivity contribution in [3.05, 3.63) is 12.7 Å². The number of thiol groups is 1. The van der Waals surface area contributed by atoms with Crippen molar-refractivity contribution in [3.8, 4) is 0 Å². The molecule has 0 saturated heterocycles. The van der Waals surface area contributed by atoms with Crippen molar-refractivity contribution in [3.63, 3.8) is 0 Å². The molecule has 0 saturated carbocycles. The molecule has 2 nitrogen and oxygen atoms in total. The number of hydrogen-bond donors (Lipinski definition) is 2. The van der Waals surface area contributed by atoms with Crippen molar-refractivity contribution >= 4 is 18.5 Å². The van der Waals surface area contributed by atoms with Crippen molar-refractivity contribution < 1.29 is 4.79 Å². The highest BCUT2D eigenvalue weighted by atomic mass is 32.1. The fourth-order valence-corrected chi connectivity index (χ4v) is 0.478. The van der Waals surface area contributed by atoms with Gasteiger partial charge in [0.2, 0.25) is 5.91 Å². The van der Waals surface area contributed by atoms with Gasteiger partial charge in [-0.1, -0.05) is 6.08 Å². The van der Waals surface area contributed by atoms with Crippen LogP contribution in [0.1, 0.15) is 13.8 Å². The largest absolute Gasteiger partial charge is 0.349 e. The number of amides is 1. The van der Waals surface area contributed by atoms with E-state index in [1.165, 1.54) is 0 Å². The number of carbonyl (C=O) groups excluding carboxylic acids is 1. The molecule has 0 spiro atoms. The average molecular weight is 159 g/mol. The Morgan fingerprint density at radius 3 is 2.50 bits per heavy atom. The van der Waals surface area contributed by atoms with E-state index >= 15 is 0 Å². The second kappa shape index (κ2) is 4.39. The van der Waals surface area contributed by atoms with Crippen LogP contribution < -0.4 is 5.32 Å². The first-order valence-corrected chi connectivity index (χ1v) is 3.70. The van der Waals surface area contributed by atoms with E-state index in [0.717, 1.165) is 0 Å². The Morgan fingerprint density at radius 1 is 1.70 bits per heavy atom. The molecule has 0 aromatic heterocycles. The van der Waals surface area contributed by atoms with E-state index in [4.69, 9.17) is 0 Å². The quantitative estimate of drug-likeness (QED) is 0.467. The zero-order valence-corrected chi connectivity index (χ0v) is 7.19. The SMILES string of the molecule is C=CC(C)NC(=O)C(C)S. The molecule has 0 bridgehead atoms. The summed E-state index contributed by atoms with van der Waals surface area (Å²) in [5.74, 6) is -0.0595. The van der Waals surface area contributed by atoms with Gasteiger partial charge in [0, 0.05) is 6.04 Å². The maximum atomic E-state index is 10.9. The molecule has 0 aliphatic rings. The summed E-state index contributed by atoms with van der Waals surface area (Å²) in [4.78, 5) is 10.9. The average Bonchev–Trinajstić information content (AvgIpc) is 1.87. The lowest BCUT2D eigenvalue weighted by atomic mass is 10.3. The van der Waals surface area contributed by atoms with Crippen molar-refractivity contribution in [2.45, 2.75) is 25.1 Å². The molecule has 58 valence electrons. The van der Waals surface area contributed by atoms with E-state index in [9.17, 15) is 4.79 Å². The van der Waals surface area contributed by atoms with Crippen LogP contribution in [0.5, 0.6) is 0 Å². The van der Waals surface area contributed by atoms with Crippen LogP contribution in [0.4, 0.5) is 0 Å². The Bertz CT molecular complexity index is 134. The molecule has 2 unspecified atom stereocenters. The fourth-order valence-electron chi connectivity index (χ4n) is 0.404. The lowest BCUT2D eigenvalue weighted by Crippen LogP contribution is -2.35. The highest BCUT2D eigenvalue weighted by Gasteiger charge is 2.07. The fraction of sp³-hybridized carbons (Fsp3) is 0.571. The van der Waals surface area contributed by atoms with Gasteiger partial charge in [-0.3, -0.25) is 4.79 Å². The summed E-state index contributed by atoms with van der Waals surface area (Å²) in [6.07, 6.45) is 1.67. The van der Waals surface area contributed by atoms with E-state index < -0.39 is 0 Å². The van der Waals surface area contributed by atoms with Crippen molar-refractivity contribution in [2.24, 2.45) is 0 Å². The topological polar surface area (TPSA) is 29.1 Å². The van der Waals surface area contributed by atoms with E-state index in [1.807, 2.05) is 6.92 Å². The van der Waals surface area contributed by atoms with Crippen molar-refractivity contribution in [1.29, 1.82) is 0 Å². The number of nitrogens with one attached hydrogen (secondary N) is 1. The minimum Gasteiger partial charge on any atom is -0.349 e. The molecule has 0 aromatic carbocycles. The van der Waals surface area contributed by atoms with Gasteiger partial charge in [-0.05, 0) is 13.8 Å². The zero-order valence-electron chi connectivity index (χ0n) is 6.29. The molecule has 3 heteroatoms. The van der Waals surface area contributed by atoms with Gasteiger partial charge in [0.15, 0.2) is 0 Å². The van der Waals surface area contributed by atoms with Crippen LogP contribution in [0.2, 0.25) is 0 Å². The molecule has 1 amide bonds. The summed E-state index contributed by atoms with van der Waals surface area (Å²) >= 11 is 3.96. The van der Waals surface area contributed by atoms with E-state index in [0.29, 0.717) is 0 Å². The number of rotatable bonds is 3. The van der Waals surface area contributed by atoms with Gasteiger partial charge in [-0.2, -0.15) is 12.6 Å². The normalized spacial score (nSPS) is 15.5. The standard InChI is InChI=1S/C7H13NOS/c1-4-5(2)8-7(9)6(3)10/h4-6,10H,1H2,2-3H3,(H,8,9). The summed E-state index contributed by atoms with van der Waals surface area (Å²) in [5, 5.41) is 2.45. The minimum absolute atomic E-state index is 0.0297. The Morgan fingerprint density at radius 2 is 2.20 bits per heavy atom. The maximum absolute atomic E-state index is 10.9. The van der Waals surface area contributed by atoms with Gasteiger partial charge in [-0.15, -0.1) is 6.58 Å². The molecule has 0 heterocycles. The molecular formula is C7H13NOS. The number of carbonyl (C=O) groups is 1. The molecule has 10 heavy (non-hydrogen) atoms. The molecule has 0 rings (SSSR count). The third-order valence-electron chi connectivity index (χ3n) is 1.10. The summed E-state index contributed by atoms with van der Waals surface area (Å²) in [5.41, 5.74) is 0. The van der Waals surface area contributed by atoms with Gasteiger partial charge >= 0.3 is 0 Å². The molecule has 0 aliphatic heterocycles. The smallest absolute Gasteiger partial charge is 0.233 e. The van der Waals surface area contributed by atoms with E-state index in [1.54, 1.807) is 13.0 Å².